The first-order valence-corrected chi connectivity index (χ1v) is 6.55. The molecular formula is C10H13FN2O4S. The lowest BCUT2D eigenvalue weighted by atomic mass is 10.3. The van der Waals surface area contributed by atoms with Gasteiger partial charge in [0.05, 0.1) is 16.7 Å². The lowest BCUT2D eigenvalue weighted by Gasteiger charge is -2.10. The Kier molecular flexibility index (Phi) is 4.25. The van der Waals surface area contributed by atoms with Crippen LogP contribution in [-0.4, -0.2) is 20.6 Å². The van der Waals surface area contributed by atoms with E-state index >= 15 is 0 Å². The van der Waals surface area contributed by atoms with E-state index in [0.717, 1.165) is 18.2 Å². The van der Waals surface area contributed by atoms with Crippen molar-refractivity contribution < 1.29 is 22.3 Å². The largest absolute Gasteiger partial charge is 0.447 e. The van der Waals surface area contributed by atoms with Crippen LogP contribution in [0.2, 0.25) is 0 Å². The van der Waals surface area contributed by atoms with Crippen molar-refractivity contribution in [2.75, 3.05) is 5.32 Å². The van der Waals surface area contributed by atoms with Gasteiger partial charge >= 0.3 is 6.09 Å². The maximum absolute atomic E-state index is 13.3. The van der Waals surface area contributed by atoms with Crippen molar-refractivity contribution in [3.05, 3.63) is 24.0 Å². The molecule has 0 fully saturated rings. The molecule has 8 heteroatoms. The third-order valence-corrected chi connectivity index (χ3v) is 2.76. The molecule has 1 amide bonds. The molecule has 1 rings (SSSR count). The molecule has 1 aromatic rings. The first kappa shape index (κ1) is 14.4. The molecule has 100 valence electrons. The number of hydrogen-bond acceptors (Lipinski definition) is 4. The first-order chi connectivity index (χ1) is 8.20. The molecule has 18 heavy (non-hydrogen) atoms. The second-order valence-corrected chi connectivity index (χ2v) is 5.33. The average molecular weight is 276 g/mol. The molecule has 6 nitrogen and oxygen atoms in total. The maximum Gasteiger partial charge on any atom is 0.411 e. The summed E-state index contributed by atoms with van der Waals surface area (Å²) in [5.41, 5.74) is -0.313. The molecule has 0 radical (unpaired) electrons. The third-order valence-electron chi connectivity index (χ3n) is 1.85. The predicted octanol–water partition coefficient (Wildman–Crippen LogP) is 1.43. The van der Waals surface area contributed by atoms with Crippen LogP contribution in [0, 0.1) is 5.82 Å². The van der Waals surface area contributed by atoms with Gasteiger partial charge in [-0.25, -0.2) is 22.7 Å². The van der Waals surface area contributed by atoms with Gasteiger partial charge in [0.2, 0.25) is 10.0 Å². The lowest BCUT2D eigenvalue weighted by molar-refractivity contribution is 0.130. The highest BCUT2D eigenvalue weighted by atomic mass is 32.2. The van der Waals surface area contributed by atoms with Gasteiger partial charge < -0.3 is 4.74 Å². The number of benzene rings is 1. The summed E-state index contributed by atoms with van der Waals surface area (Å²) in [6, 6.07) is 2.82. The van der Waals surface area contributed by atoms with E-state index < -0.39 is 21.9 Å². The zero-order valence-corrected chi connectivity index (χ0v) is 10.6. The van der Waals surface area contributed by atoms with E-state index in [4.69, 9.17) is 9.88 Å². The van der Waals surface area contributed by atoms with Crippen molar-refractivity contribution in [1.29, 1.82) is 0 Å². The number of nitrogens with one attached hydrogen (secondary N) is 1. The minimum atomic E-state index is -3.96. The number of hydrogen-bond donors (Lipinski definition) is 2. The maximum atomic E-state index is 13.3. The number of carbonyl (C=O) groups excluding carboxylic acids is 1. The molecule has 0 atom stereocenters. The molecule has 3 N–H and O–H groups in total. The molecule has 0 heterocycles. The zero-order chi connectivity index (χ0) is 13.9. The number of carbonyl (C=O) groups is 1. The Morgan fingerprint density at radius 3 is 2.56 bits per heavy atom. The summed E-state index contributed by atoms with van der Waals surface area (Å²) < 4.78 is 40.2. The Morgan fingerprint density at radius 1 is 1.44 bits per heavy atom. The highest BCUT2D eigenvalue weighted by Crippen LogP contribution is 2.19. The number of rotatable bonds is 3. The minimum Gasteiger partial charge on any atom is -0.447 e. The van der Waals surface area contributed by atoms with Crippen LogP contribution in [0.25, 0.3) is 0 Å². The minimum absolute atomic E-state index is 0.302. The zero-order valence-electron chi connectivity index (χ0n) is 9.81. The van der Waals surface area contributed by atoms with Gasteiger partial charge in [0.25, 0.3) is 0 Å². The molecule has 0 aliphatic carbocycles. The van der Waals surface area contributed by atoms with Crippen LogP contribution in [0.4, 0.5) is 14.9 Å². The van der Waals surface area contributed by atoms with Crippen molar-refractivity contribution >= 4 is 21.8 Å². The Hall–Kier alpha value is -1.67. The van der Waals surface area contributed by atoms with Crippen LogP contribution in [0.3, 0.4) is 0 Å². The Bertz CT molecular complexity index is 557. The monoisotopic (exact) mass is 276 g/mol. The molecule has 0 spiro atoms. The summed E-state index contributed by atoms with van der Waals surface area (Å²) in [4.78, 5) is 11.0. The van der Waals surface area contributed by atoms with Gasteiger partial charge in [0.1, 0.15) is 5.82 Å². The van der Waals surface area contributed by atoms with Crippen molar-refractivity contribution in [2.45, 2.75) is 24.8 Å². The Morgan fingerprint density at radius 2 is 2.06 bits per heavy atom. The molecule has 0 saturated carbocycles. The van der Waals surface area contributed by atoms with Crippen LogP contribution in [0.1, 0.15) is 13.8 Å². The molecule has 0 aliphatic heterocycles. The quantitative estimate of drug-likeness (QED) is 0.872. The van der Waals surface area contributed by atoms with Gasteiger partial charge in [-0.2, -0.15) is 0 Å². The van der Waals surface area contributed by atoms with E-state index in [1.165, 1.54) is 0 Å². The van der Waals surface area contributed by atoms with Gasteiger partial charge in [-0.15, -0.1) is 0 Å². The first-order valence-electron chi connectivity index (χ1n) is 5.00. The summed E-state index contributed by atoms with van der Waals surface area (Å²) >= 11 is 0. The molecule has 0 saturated heterocycles. The normalized spacial score (nSPS) is 11.4. The molecule has 0 aromatic heterocycles. The average Bonchev–Trinajstić information content (AvgIpc) is 2.18. The number of sulfonamides is 1. The summed E-state index contributed by atoms with van der Waals surface area (Å²) in [6.45, 7) is 3.24. The molecule has 0 bridgehead atoms. The number of amides is 1. The molecule has 0 aliphatic rings. The van der Waals surface area contributed by atoms with Crippen LogP contribution < -0.4 is 10.5 Å². The van der Waals surface area contributed by atoms with Crippen molar-refractivity contribution in [1.82, 2.24) is 0 Å². The summed E-state index contributed by atoms with van der Waals surface area (Å²) in [5.74, 6) is -0.789. The SMILES string of the molecule is CC(C)OC(=O)Nc1cc(S(N)(=O)=O)ccc1F. The second-order valence-electron chi connectivity index (χ2n) is 3.77. The summed E-state index contributed by atoms with van der Waals surface area (Å²) in [6.07, 6.45) is -1.26. The number of nitrogens with two attached hydrogens (primary N) is 1. The van der Waals surface area contributed by atoms with Crippen LogP contribution in [0.15, 0.2) is 23.1 Å². The van der Waals surface area contributed by atoms with Gasteiger partial charge in [-0.3, -0.25) is 5.32 Å². The van der Waals surface area contributed by atoms with E-state index in [2.05, 4.69) is 5.32 Å². The topological polar surface area (TPSA) is 98.5 Å². The predicted molar refractivity (Wildman–Crippen MR) is 63.0 cm³/mol. The fourth-order valence-corrected chi connectivity index (χ4v) is 1.67. The number of anilines is 1. The van der Waals surface area contributed by atoms with Crippen LogP contribution in [-0.2, 0) is 14.8 Å². The summed E-state index contributed by atoms with van der Waals surface area (Å²) in [7, 11) is -3.96. The van der Waals surface area contributed by atoms with E-state index in [9.17, 15) is 17.6 Å². The van der Waals surface area contributed by atoms with Crippen molar-refractivity contribution in [2.24, 2.45) is 5.14 Å². The smallest absolute Gasteiger partial charge is 0.411 e. The van der Waals surface area contributed by atoms with Crippen LogP contribution >= 0.6 is 0 Å². The highest BCUT2D eigenvalue weighted by molar-refractivity contribution is 7.89. The lowest BCUT2D eigenvalue weighted by Crippen LogP contribution is -2.19. The number of ether oxygens (including phenoxy) is 1. The van der Waals surface area contributed by atoms with E-state index in [-0.39, 0.29) is 16.7 Å². The molecular weight excluding hydrogens is 263 g/mol. The van der Waals surface area contributed by atoms with E-state index in [1.807, 2.05) is 0 Å². The van der Waals surface area contributed by atoms with Gasteiger partial charge in [-0.05, 0) is 32.0 Å². The number of primary sulfonamides is 1. The molecule has 0 unspecified atom stereocenters. The standard InChI is InChI=1S/C10H13FN2O4S/c1-6(2)17-10(14)13-9-5-7(18(12,15)16)3-4-8(9)11/h3-6H,1-2H3,(H,13,14)(H2,12,15,16). The van der Waals surface area contributed by atoms with Gasteiger partial charge in [0.15, 0.2) is 0 Å². The van der Waals surface area contributed by atoms with Gasteiger partial charge in [-0.1, -0.05) is 0 Å². The third kappa shape index (κ3) is 3.97. The van der Waals surface area contributed by atoms with E-state index in [0.29, 0.717) is 0 Å². The summed E-state index contributed by atoms with van der Waals surface area (Å²) in [5, 5.41) is 6.99. The van der Waals surface area contributed by atoms with Crippen LogP contribution in [0.5, 0.6) is 0 Å². The van der Waals surface area contributed by atoms with Gasteiger partial charge in [0, 0.05) is 0 Å². The van der Waals surface area contributed by atoms with Crippen molar-refractivity contribution in [3.63, 3.8) is 0 Å². The molecule has 1 aromatic carbocycles. The highest BCUT2D eigenvalue weighted by Gasteiger charge is 2.14. The second kappa shape index (κ2) is 5.32. The number of halogens is 1. The van der Waals surface area contributed by atoms with Crippen molar-refractivity contribution in [3.8, 4) is 0 Å². The fourth-order valence-electron chi connectivity index (χ4n) is 1.13. The van der Waals surface area contributed by atoms with E-state index in [1.54, 1.807) is 13.8 Å². The fraction of sp³-hybridized carbons (Fsp3) is 0.300. The Labute approximate surface area is 104 Å². The Balaban J connectivity index is 2.99.